The zero-order chi connectivity index (χ0) is 15.8. The third kappa shape index (κ3) is 3.27. The van der Waals surface area contributed by atoms with Gasteiger partial charge in [0.05, 0.1) is 17.0 Å². The fourth-order valence-corrected chi connectivity index (χ4v) is 3.32. The van der Waals surface area contributed by atoms with Gasteiger partial charge in [-0.25, -0.2) is 9.78 Å². The molecule has 1 aromatic heterocycles. The summed E-state index contributed by atoms with van der Waals surface area (Å²) in [7, 11) is 1.57. The van der Waals surface area contributed by atoms with Gasteiger partial charge >= 0.3 is 5.97 Å². The molecule has 0 unspecified atom stereocenters. The summed E-state index contributed by atoms with van der Waals surface area (Å²) in [6.45, 7) is 6.04. The van der Waals surface area contributed by atoms with E-state index in [1.807, 2.05) is 39.0 Å². The van der Waals surface area contributed by atoms with Gasteiger partial charge in [0.1, 0.15) is 5.75 Å². The number of carboxylic acids is 1. The SMILES string of the molecule is COc1ccc(Br)cc1-c1sc(C(C)(C)C)nc1C(=O)O. The molecular formula is C15H16BrNO3S. The Morgan fingerprint density at radius 1 is 1.38 bits per heavy atom. The molecule has 0 atom stereocenters. The van der Waals surface area contributed by atoms with Crippen LogP contribution in [-0.2, 0) is 5.41 Å². The maximum absolute atomic E-state index is 11.5. The Kier molecular flexibility index (Phi) is 4.39. The molecule has 1 heterocycles. The van der Waals surface area contributed by atoms with E-state index in [9.17, 15) is 9.90 Å². The minimum absolute atomic E-state index is 0.0707. The fourth-order valence-electron chi connectivity index (χ4n) is 1.83. The molecule has 0 fully saturated rings. The van der Waals surface area contributed by atoms with Crippen LogP contribution in [0.25, 0.3) is 10.4 Å². The lowest BCUT2D eigenvalue weighted by atomic mass is 9.98. The number of methoxy groups -OCH3 is 1. The van der Waals surface area contributed by atoms with E-state index in [1.54, 1.807) is 7.11 Å². The lowest BCUT2D eigenvalue weighted by molar-refractivity contribution is 0.0692. The molecule has 0 radical (unpaired) electrons. The zero-order valence-corrected chi connectivity index (χ0v) is 14.6. The number of ether oxygens (including phenoxy) is 1. The van der Waals surface area contributed by atoms with Gasteiger partial charge in [-0.05, 0) is 18.2 Å². The number of aromatic nitrogens is 1. The minimum atomic E-state index is -1.03. The van der Waals surface area contributed by atoms with Crippen molar-refractivity contribution in [3.63, 3.8) is 0 Å². The minimum Gasteiger partial charge on any atom is -0.496 e. The summed E-state index contributed by atoms with van der Waals surface area (Å²) < 4.78 is 6.21. The molecule has 0 spiro atoms. The number of nitrogens with zero attached hydrogens (tertiary/aromatic N) is 1. The van der Waals surface area contributed by atoms with Crippen molar-refractivity contribution in [1.82, 2.24) is 4.98 Å². The Morgan fingerprint density at radius 2 is 2.05 bits per heavy atom. The molecular weight excluding hydrogens is 354 g/mol. The van der Waals surface area contributed by atoms with Crippen molar-refractivity contribution in [2.45, 2.75) is 26.2 Å². The van der Waals surface area contributed by atoms with E-state index in [1.165, 1.54) is 11.3 Å². The van der Waals surface area contributed by atoms with E-state index in [4.69, 9.17) is 4.74 Å². The summed E-state index contributed by atoms with van der Waals surface area (Å²) in [4.78, 5) is 16.4. The van der Waals surface area contributed by atoms with Crippen molar-refractivity contribution in [2.24, 2.45) is 0 Å². The van der Waals surface area contributed by atoms with Crippen molar-refractivity contribution >= 4 is 33.2 Å². The maximum atomic E-state index is 11.5. The van der Waals surface area contributed by atoms with Gasteiger partial charge in [0.15, 0.2) is 5.69 Å². The Hall–Kier alpha value is -1.40. The number of hydrogen-bond acceptors (Lipinski definition) is 4. The molecule has 1 aromatic carbocycles. The summed E-state index contributed by atoms with van der Waals surface area (Å²) in [5.41, 5.74) is 0.602. The topological polar surface area (TPSA) is 59.4 Å². The summed E-state index contributed by atoms with van der Waals surface area (Å²) in [6, 6.07) is 5.52. The molecule has 6 heteroatoms. The van der Waals surface area contributed by atoms with E-state index in [0.29, 0.717) is 10.6 Å². The Bertz CT molecular complexity index is 689. The number of rotatable bonds is 3. The highest BCUT2D eigenvalue weighted by Crippen LogP contribution is 2.41. The number of carbonyl (C=O) groups is 1. The molecule has 0 aliphatic carbocycles. The van der Waals surface area contributed by atoms with Crippen LogP contribution in [0.1, 0.15) is 36.3 Å². The van der Waals surface area contributed by atoms with Gasteiger partial charge in [0, 0.05) is 15.5 Å². The number of halogens is 1. The molecule has 21 heavy (non-hydrogen) atoms. The largest absolute Gasteiger partial charge is 0.496 e. The van der Waals surface area contributed by atoms with Crippen LogP contribution in [0.4, 0.5) is 0 Å². The van der Waals surface area contributed by atoms with E-state index in [2.05, 4.69) is 20.9 Å². The monoisotopic (exact) mass is 369 g/mol. The van der Waals surface area contributed by atoms with Crippen molar-refractivity contribution in [1.29, 1.82) is 0 Å². The molecule has 0 aliphatic heterocycles. The van der Waals surface area contributed by atoms with Gasteiger partial charge in [-0.15, -0.1) is 11.3 Å². The second kappa shape index (κ2) is 5.77. The first kappa shape index (κ1) is 16.0. The smallest absolute Gasteiger partial charge is 0.356 e. The van der Waals surface area contributed by atoms with Gasteiger partial charge in [0.2, 0.25) is 0 Å². The second-order valence-corrected chi connectivity index (χ2v) is 7.51. The highest BCUT2D eigenvalue weighted by molar-refractivity contribution is 9.10. The van der Waals surface area contributed by atoms with Crippen molar-refractivity contribution in [3.8, 4) is 16.2 Å². The van der Waals surface area contributed by atoms with E-state index in [-0.39, 0.29) is 11.1 Å². The van der Waals surface area contributed by atoms with Crippen LogP contribution in [0.15, 0.2) is 22.7 Å². The summed E-state index contributed by atoms with van der Waals surface area (Å²) in [6.07, 6.45) is 0. The van der Waals surface area contributed by atoms with Gasteiger partial charge in [-0.3, -0.25) is 0 Å². The highest BCUT2D eigenvalue weighted by Gasteiger charge is 2.26. The number of thiazole rings is 1. The van der Waals surface area contributed by atoms with Gasteiger partial charge < -0.3 is 9.84 Å². The van der Waals surface area contributed by atoms with Crippen LogP contribution in [-0.4, -0.2) is 23.2 Å². The second-order valence-electron chi connectivity index (χ2n) is 5.60. The molecule has 2 rings (SSSR count). The molecule has 4 nitrogen and oxygen atoms in total. The molecule has 112 valence electrons. The molecule has 0 amide bonds. The van der Waals surface area contributed by atoms with Crippen LogP contribution in [0, 0.1) is 0 Å². The standard InChI is InChI=1S/C15H16BrNO3S/c1-15(2,3)14-17-11(13(18)19)12(21-14)9-7-8(16)5-6-10(9)20-4/h5-7H,1-4H3,(H,18,19). The van der Waals surface area contributed by atoms with Gasteiger partial charge in [-0.1, -0.05) is 36.7 Å². The first-order valence-corrected chi connectivity index (χ1v) is 7.93. The summed E-state index contributed by atoms with van der Waals surface area (Å²) in [5.74, 6) is -0.399. The van der Waals surface area contributed by atoms with Crippen LogP contribution < -0.4 is 4.74 Å². The predicted octanol–water partition coefficient (Wildman–Crippen LogP) is 4.58. The Morgan fingerprint density at radius 3 is 2.57 bits per heavy atom. The van der Waals surface area contributed by atoms with Crippen molar-refractivity contribution in [2.75, 3.05) is 7.11 Å². The highest BCUT2D eigenvalue weighted by atomic mass is 79.9. The lowest BCUT2D eigenvalue weighted by Gasteiger charge is -2.13. The summed E-state index contributed by atoms with van der Waals surface area (Å²) in [5, 5.41) is 10.2. The first-order chi connectivity index (χ1) is 9.74. The maximum Gasteiger partial charge on any atom is 0.356 e. The normalized spacial score (nSPS) is 11.5. The zero-order valence-electron chi connectivity index (χ0n) is 12.2. The van der Waals surface area contributed by atoms with E-state index in [0.717, 1.165) is 15.0 Å². The number of hydrogen-bond donors (Lipinski definition) is 1. The number of benzene rings is 1. The number of carboxylic acid groups (broad SMARTS) is 1. The molecule has 0 saturated carbocycles. The fraction of sp³-hybridized carbons (Fsp3) is 0.333. The van der Waals surface area contributed by atoms with Crippen molar-refractivity contribution in [3.05, 3.63) is 33.4 Å². The van der Waals surface area contributed by atoms with Crippen LogP contribution in [0.5, 0.6) is 5.75 Å². The predicted molar refractivity (Wildman–Crippen MR) is 87.5 cm³/mol. The van der Waals surface area contributed by atoms with E-state index >= 15 is 0 Å². The van der Waals surface area contributed by atoms with E-state index < -0.39 is 5.97 Å². The number of aromatic carboxylic acids is 1. The lowest BCUT2D eigenvalue weighted by Crippen LogP contribution is -2.11. The van der Waals surface area contributed by atoms with Crippen LogP contribution >= 0.6 is 27.3 Å². The molecule has 0 bridgehead atoms. The first-order valence-electron chi connectivity index (χ1n) is 6.32. The van der Waals surface area contributed by atoms with Gasteiger partial charge in [0.25, 0.3) is 0 Å². The Labute approximate surface area is 135 Å². The quantitative estimate of drug-likeness (QED) is 0.859. The molecule has 2 aromatic rings. The van der Waals surface area contributed by atoms with Crippen LogP contribution in [0.3, 0.4) is 0 Å². The van der Waals surface area contributed by atoms with Crippen molar-refractivity contribution < 1.29 is 14.6 Å². The average molecular weight is 370 g/mol. The average Bonchev–Trinajstić information content (AvgIpc) is 2.83. The third-order valence-electron chi connectivity index (χ3n) is 2.88. The van der Waals surface area contributed by atoms with Gasteiger partial charge in [-0.2, -0.15) is 0 Å². The van der Waals surface area contributed by atoms with Crippen LogP contribution in [0.2, 0.25) is 0 Å². The summed E-state index contributed by atoms with van der Waals surface area (Å²) >= 11 is 4.81. The molecule has 0 saturated heterocycles. The Balaban J connectivity index is 2.71. The molecule has 0 aliphatic rings. The molecule has 1 N–H and O–H groups in total. The third-order valence-corrected chi connectivity index (χ3v) is 4.89.